The average molecular weight is 464 g/mol. The van der Waals surface area contributed by atoms with Gasteiger partial charge in [0.15, 0.2) is 0 Å². The highest BCUT2D eigenvalue weighted by atomic mass is 32.2. The normalized spacial score (nSPS) is 35.6. The second-order valence-corrected chi connectivity index (χ2v) is 12.2. The van der Waals surface area contributed by atoms with Crippen LogP contribution < -0.4 is 15.8 Å². The zero-order valence-corrected chi connectivity index (χ0v) is 19.0. The number of hydrogen-bond acceptors (Lipinski definition) is 4. The number of primary amides is 1. The van der Waals surface area contributed by atoms with E-state index in [4.69, 9.17) is 5.73 Å². The topological polar surface area (TPSA) is 118 Å². The quantitative estimate of drug-likeness (QED) is 0.512. The SMILES string of the molecule is Cc1cc(C2(NC=O)C3CC4CC(C3)CC2(C(N)=O)C4)cc(F)c1S(=O)(=O)NCC1CC1. The van der Waals surface area contributed by atoms with Crippen molar-refractivity contribution in [3.8, 4) is 0 Å². The van der Waals surface area contributed by atoms with Gasteiger partial charge in [-0.05, 0) is 92.7 Å². The maximum absolute atomic E-state index is 15.4. The lowest BCUT2D eigenvalue weighted by atomic mass is 9.40. The van der Waals surface area contributed by atoms with Crippen LogP contribution in [0.2, 0.25) is 0 Å². The Morgan fingerprint density at radius 3 is 2.41 bits per heavy atom. The number of benzene rings is 1. The maximum atomic E-state index is 15.4. The molecule has 5 fully saturated rings. The summed E-state index contributed by atoms with van der Waals surface area (Å²) in [6.45, 7) is 1.86. The molecule has 1 aromatic rings. The first-order chi connectivity index (χ1) is 15.1. The van der Waals surface area contributed by atoms with Crippen LogP contribution in [0.4, 0.5) is 4.39 Å². The van der Waals surface area contributed by atoms with E-state index in [-0.39, 0.29) is 16.4 Å². The molecule has 0 aromatic heterocycles. The molecular formula is C23H30FN3O4S. The van der Waals surface area contributed by atoms with Crippen LogP contribution in [0.3, 0.4) is 0 Å². The second-order valence-electron chi connectivity index (χ2n) is 10.5. The minimum Gasteiger partial charge on any atom is -0.369 e. The molecule has 1 aromatic carbocycles. The Labute approximate surface area is 187 Å². The molecule has 2 amide bonds. The molecule has 32 heavy (non-hydrogen) atoms. The van der Waals surface area contributed by atoms with E-state index in [1.807, 2.05) is 0 Å². The van der Waals surface area contributed by atoms with Crippen molar-refractivity contribution in [2.45, 2.75) is 62.3 Å². The zero-order valence-electron chi connectivity index (χ0n) is 18.2. The van der Waals surface area contributed by atoms with Crippen molar-refractivity contribution < 1.29 is 22.4 Å². The molecule has 0 spiro atoms. The first kappa shape index (κ1) is 21.8. The van der Waals surface area contributed by atoms with Crippen molar-refractivity contribution in [1.82, 2.24) is 10.0 Å². The molecule has 0 radical (unpaired) electrons. The predicted molar refractivity (Wildman–Crippen MR) is 115 cm³/mol. The van der Waals surface area contributed by atoms with Gasteiger partial charge in [-0.15, -0.1) is 0 Å². The molecular weight excluding hydrogens is 433 g/mol. The first-order valence-electron chi connectivity index (χ1n) is 11.4. The fourth-order valence-electron chi connectivity index (χ4n) is 7.29. The van der Waals surface area contributed by atoms with Crippen LogP contribution in [0.5, 0.6) is 0 Å². The predicted octanol–water partition coefficient (Wildman–Crippen LogP) is 2.08. The molecule has 3 atom stereocenters. The number of hydrogen-bond donors (Lipinski definition) is 3. The van der Waals surface area contributed by atoms with Crippen LogP contribution in [0.15, 0.2) is 17.0 Å². The number of sulfonamides is 1. The number of nitrogens with one attached hydrogen (secondary N) is 2. The number of carbonyl (C=O) groups is 2. The third kappa shape index (κ3) is 3.04. The highest BCUT2D eigenvalue weighted by Crippen LogP contribution is 2.67. The van der Waals surface area contributed by atoms with E-state index in [0.717, 1.165) is 32.1 Å². The van der Waals surface area contributed by atoms with Gasteiger partial charge in [0, 0.05) is 6.54 Å². The van der Waals surface area contributed by atoms with Gasteiger partial charge in [0.1, 0.15) is 10.7 Å². The molecule has 174 valence electrons. The number of rotatable bonds is 8. The number of halogens is 1. The van der Waals surface area contributed by atoms with Crippen LogP contribution in [0.25, 0.3) is 0 Å². The second kappa shape index (κ2) is 7.25. The Morgan fingerprint density at radius 1 is 1.22 bits per heavy atom. The largest absolute Gasteiger partial charge is 0.369 e. The Kier molecular flexibility index (Phi) is 4.94. The average Bonchev–Trinajstić information content (AvgIpc) is 3.52. The van der Waals surface area contributed by atoms with E-state index >= 15 is 4.39 Å². The van der Waals surface area contributed by atoms with Gasteiger partial charge in [-0.25, -0.2) is 17.5 Å². The number of nitrogens with two attached hydrogens (primary N) is 1. The molecule has 0 saturated heterocycles. The molecule has 4 N–H and O–H groups in total. The highest BCUT2D eigenvalue weighted by Gasteiger charge is 2.69. The van der Waals surface area contributed by atoms with Crippen LogP contribution in [0.1, 0.15) is 56.1 Å². The van der Waals surface area contributed by atoms with E-state index in [0.29, 0.717) is 49.1 Å². The molecule has 9 heteroatoms. The highest BCUT2D eigenvalue weighted by molar-refractivity contribution is 7.89. The van der Waals surface area contributed by atoms with Crippen molar-refractivity contribution in [1.29, 1.82) is 0 Å². The van der Waals surface area contributed by atoms with E-state index in [9.17, 15) is 18.0 Å². The van der Waals surface area contributed by atoms with Gasteiger partial charge in [-0.3, -0.25) is 9.59 Å². The summed E-state index contributed by atoms with van der Waals surface area (Å²) in [6, 6.07) is 2.82. The van der Waals surface area contributed by atoms with Crippen LogP contribution in [0, 0.1) is 41.8 Å². The van der Waals surface area contributed by atoms with Gasteiger partial charge in [0.25, 0.3) is 0 Å². The Hall–Kier alpha value is -2.00. The standard InChI is InChI=1S/C23H30FN3O4S/c1-13-4-17(8-19(24)20(13)32(30,31)27-11-14-2-3-14)23(26-12-28)18-6-15-5-16(7-18)10-22(23,9-15)21(25)29/h4,8,12,14-16,18,27H,2-3,5-7,9-11H2,1H3,(H2,25,29)(H,26,28). The van der Waals surface area contributed by atoms with Gasteiger partial charge in [-0.1, -0.05) is 6.07 Å². The molecule has 5 aliphatic rings. The number of carbonyl (C=O) groups excluding carboxylic acids is 2. The number of aryl methyl sites for hydroxylation is 1. The molecule has 5 saturated carbocycles. The molecule has 3 unspecified atom stereocenters. The Morgan fingerprint density at radius 2 is 1.88 bits per heavy atom. The molecule has 6 rings (SSSR count). The third-order valence-corrected chi connectivity index (χ3v) is 10.1. The van der Waals surface area contributed by atoms with Crippen LogP contribution >= 0.6 is 0 Å². The van der Waals surface area contributed by atoms with Gasteiger partial charge >= 0.3 is 0 Å². The van der Waals surface area contributed by atoms with Gasteiger partial charge < -0.3 is 11.1 Å². The fourth-order valence-corrected chi connectivity index (χ4v) is 8.69. The summed E-state index contributed by atoms with van der Waals surface area (Å²) in [5, 5.41) is 2.93. The minimum absolute atomic E-state index is 0.0549. The summed E-state index contributed by atoms with van der Waals surface area (Å²) >= 11 is 0. The lowest BCUT2D eigenvalue weighted by Gasteiger charge is -2.66. The zero-order chi connectivity index (χ0) is 22.9. The first-order valence-corrected chi connectivity index (χ1v) is 12.9. The molecule has 7 nitrogen and oxygen atoms in total. The van der Waals surface area contributed by atoms with Crippen molar-refractivity contribution >= 4 is 22.3 Å². The monoisotopic (exact) mass is 463 g/mol. The summed E-state index contributed by atoms with van der Waals surface area (Å²) in [5.74, 6) is -0.371. The van der Waals surface area contributed by atoms with E-state index in [2.05, 4.69) is 10.0 Å². The van der Waals surface area contributed by atoms with Crippen molar-refractivity contribution in [2.24, 2.45) is 34.8 Å². The lowest BCUT2D eigenvalue weighted by Crippen LogP contribution is -2.71. The summed E-state index contributed by atoms with van der Waals surface area (Å²) < 4.78 is 43.6. The maximum Gasteiger partial charge on any atom is 0.243 e. The van der Waals surface area contributed by atoms with Crippen LogP contribution in [-0.2, 0) is 25.2 Å². The van der Waals surface area contributed by atoms with Crippen molar-refractivity contribution in [3.05, 3.63) is 29.1 Å². The Bertz CT molecular complexity index is 1050. The van der Waals surface area contributed by atoms with Gasteiger partial charge in [0.05, 0.1) is 11.0 Å². The smallest absolute Gasteiger partial charge is 0.243 e. The van der Waals surface area contributed by atoms with Crippen molar-refractivity contribution in [3.63, 3.8) is 0 Å². The fraction of sp³-hybridized carbons (Fsp3) is 0.652. The summed E-state index contributed by atoms with van der Waals surface area (Å²) in [7, 11) is -4.01. The van der Waals surface area contributed by atoms with E-state index in [1.54, 1.807) is 13.0 Å². The summed E-state index contributed by atoms with van der Waals surface area (Å²) in [6.07, 6.45) is 6.34. The number of amides is 2. The van der Waals surface area contributed by atoms with E-state index < -0.39 is 32.7 Å². The summed E-state index contributed by atoms with van der Waals surface area (Å²) in [4.78, 5) is 24.4. The molecule has 0 heterocycles. The summed E-state index contributed by atoms with van der Waals surface area (Å²) in [5.41, 5.74) is 4.53. The third-order valence-electron chi connectivity index (χ3n) is 8.51. The van der Waals surface area contributed by atoms with Crippen LogP contribution in [-0.4, -0.2) is 27.3 Å². The minimum atomic E-state index is -4.01. The van der Waals surface area contributed by atoms with Gasteiger partial charge in [0.2, 0.25) is 22.3 Å². The lowest BCUT2D eigenvalue weighted by molar-refractivity contribution is -0.171. The molecule has 5 aliphatic carbocycles. The molecule has 4 bridgehead atoms. The Balaban J connectivity index is 1.63. The molecule has 0 aliphatic heterocycles. The van der Waals surface area contributed by atoms with E-state index in [1.165, 1.54) is 6.07 Å². The van der Waals surface area contributed by atoms with Gasteiger partial charge in [-0.2, -0.15) is 0 Å². The van der Waals surface area contributed by atoms with Crippen molar-refractivity contribution in [2.75, 3.05) is 6.54 Å².